The van der Waals surface area contributed by atoms with Crippen LogP contribution in [0.4, 0.5) is 0 Å². The molecule has 0 bridgehead atoms. The van der Waals surface area contributed by atoms with Crippen molar-refractivity contribution in [3.05, 3.63) is 0 Å². The van der Waals surface area contributed by atoms with Crippen molar-refractivity contribution in [1.82, 2.24) is 0 Å². The summed E-state index contributed by atoms with van der Waals surface area (Å²) in [6, 6.07) is 0. The Bertz CT molecular complexity index is 192. The highest BCUT2D eigenvalue weighted by Crippen LogP contribution is 2.12. The first-order valence-electron chi connectivity index (χ1n) is 12.0. The van der Waals surface area contributed by atoms with Crippen molar-refractivity contribution in [1.29, 1.82) is 0 Å². The molecular formula is C24H50O. The lowest BCUT2D eigenvalue weighted by molar-refractivity contribution is 0.125. The zero-order valence-electron chi connectivity index (χ0n) is 18.0. The lowest BCUT2D eigenvalue weighted by atomic mass is 10.0. The van der Waals surface area contributed by atoms with E-state index >= 15 is 0 Å². The van der Waals surface area contributed by atoms with Gasteiger partial charge in [0, 0.05) is 13.2 Å². The van der Waals surface area contributed by atoms with Crippen LogP contribution in [0.3, 0.4) is 0 Å². The molecule has 0 spiro atoms. The van der Waals surface area contributed by atoms with Crippen LogP contribution in [0.25, 0.3) is 0 Å². The quantitative estimate of drug-likeness (QED) is 0.176. The Morgan fingerprint density at radius 3 is 0.840 bits per heavy atom. The fourth-order valence-electron chi connectivity index (χ4n) is 3.49. The maximum absolute atomic E-state index is 5.76. The third-order valence-electron chi connectivity index (χ3n) is 5.28. The second kappa shape index (κ2) is 24.0. The fourth-order valence-corrected chi connectivity index (χ4v) is 3.49. The minimum absolute atomic E-state index is 0.992. The molecule has 0 aromatic heterocycles. The first kappa shape index (κ1) is 25.0. The minimum Gasteiger partial charge on any atom is -0.381 e. The average molecular weight is 355 g/mol. The number of rotatable bonds is 22. The van der Waals surface area contributed by atoms with E-state index in [1.54, 1.807) is 0 Å². The van der Waals surface area contributed by atoms with Gasteiger partial charge in [0.05, 0.1) is 0 Å². The molecule has 0 radical (unpaired) electrons. The lowest BCUT2D eigenvalue weighted by Gasteiger charge is -2.05. The Balaban J connectivity index is 2.94. The normalized spacial score (nSPS) is 11.3. The van der Waals surface area contributed by atoms with Crippen LogP contribution in [0.15, 0.2) is 0 Å². The average Bonchev–Trinajstić information content (AvgIpc) is 2.63. The molecule has 0 aliphatic heterocycles. The molecule has 0 saturated heterocycles. The van der Waals surface area contributed by atoms with Gasteiger partial charge >= 0.3 is 0 Å². The summed E-state index contributed by atoms with van der Waals surface area (Å²) in [4.78, 5) is 0. The van der Waals surface area contributed by atoms with Crippen LogP contribution < -0.4 is 0 Å². The van der Waals surface area contributed by atoms with Crippen LogP contribution in [0.5, 0.6) is 0 Å². The van der Waals surface area contributed by atoms with Gasteiger partial charge in [0.1, 0.15) is 0 Å². The van der Waals surface area contributed by atoms with Gasteiger partial charge in [0.15, 0.2) is 0 Å². The molecule has 0 saturated carbocycles. The van der Waals surface area contributed by atoms with Gasteiger partial charge in [-0.2, -0.15) is 0 Å². The molecule has 0 unspecified atom stereocenters. The molecule has 0 atom stereocenters. The minimum atomic E-state index is 0.992. The maximum Gasteiger partial charge on any atom is 0.0466 e. The molecule has 0 rings (SSSR count). The van der Waals surface area contributed by atoms with E-state index in [9.17, 15) is 0 Å². The van der Waals surface area contributed by atoms with Crippen molar-refractivity contribution in [3.8, 4) is 0 Å². The van der Waals surface area contributed by atoms with E-state index in [1.165, 1.54) is 128 Å². The summed E-state index contributed by atoms with van der Waals surface area (Å²) < 4.78 is 5.76. The summed E-state index contributed by atoms with van der Waals surface area (Å²) in [5, 5.41) is 0. The number of hydrogen-bond donors (Lipinski definition) is 0. The van der Waals surface area contributed by atoms with E-state index in [0.717, 1.165) is 13.2 Å². The highest BCUT2D eigenvalue weighted by Gasteiger charge is 1.95. The summed E-state index contributed by atoms with van der Waals surface area (Å²) in [6.45, 7) is 6.56. The Morgan fingerprint density at radius 2 is 0.560 bits per heavy atom. The monoisotopic (exact) mass is 354 g/mol. The van der Waals surface area contributed by atoms with E-state index in [4.69, 9.17) is 4.74 Å². The van der Waals surface area contributed by atoms with Crippen LogP contribution in [0.2, 0.25) is 0 Å². The second-order valence-corrected chi connectivity index (χ2v) is 7.98. The first-order chi connectivity index (χ1) is 12.4. The van der Waals surface area contributed by atoms with Gasteiger partial charge < -0.3 is 4.74 Å². The smallest absolute Gasteiger partial charge is 0.0466 e. The third-order valence-corrected chi connectivity index (χ3v) is 5.28. The van der Waals surface area contributed by atoms with Gasteiger partial charge in [-0.05, 0) is 12.8 Å². The number of hydrogen-bond acceptors (Lipinski definition) is 1. The summed E-state index contributed by atoms with van der Waals surface area (Å²) in [5.41, 5.74) is 0. The zero-order valence-corrected chi connectivity index (χ0v) is 18.0. The molecule has 0 N–H and O–H groups in total. The van der Waals surface area contributed by atoms with Crippen molar-refractivity contribution in [3.63, 3.8) is 0 Å². The lowest BCUT2D eigenvalue weighted by Crippen LogP contribution is -1.97. The third kappa shape index (κ3) is 24.0. The molecule has 0 heterocycles. The molecule has 0 aliphatic rings. The molecule has 0 fully saturated rings. The van der Waals surface area contributed by atoms with Crippen LogP contribution in [0.1, 0.15) is 142 Å². The van der Waals surface area contributed by atoms with E-state index in [-0.39, 0.29) is 0 Å². The van der Waals surface area contributed by atoms with Gasteiger partial charge in [-0.15, -0.1) is 0 Å². The van der Waals surface area contributed by atoms with Gasteiger partial charge in [-0.3, -0.25) is 0 Å². The standard InChI is InChI=1S/C24H50O/c1-3-5-7-9-11-12-13-14-15-16-18-20-22-24-25-23-21-19-17-10-8-6-4-2/h3-24H2,1-2H3. The van der Waals surface area contributed by atoms with Crippen molar-refractivity contribution in [2.45, 2.75) is 142 Å². The maximum atomic E-state index is 5.76. The van der Waals surface area contributed by atoms with E-state index < -0.39 is 0 Å². The molecule has 152 valence electrons. The van der Waals surface area contributed by atoms with Gasteiger partial charge in [0.2, 0.25) is 0 Å². The Labute approximate surface area is 160 Å². The molecule has 0 amide bonds. The summed E-state index contributed by atoms with van der Waals surface area (Å²) in [6.07, 6.45) is 28.2. The topological polar surface area (TPSA) is 9.23 Å². The predicted octanol–water partition coefficient (Wildman–Crippen LogP) is 8.84. The number of ether oxygens (including phenoxy) is 1. The molecule has 0 aliphatic carbocycles. The second-order valence-electron chi connectivity index (χ2n) is 7.98. The van der Waals surface area contributed by atoms with Crippen molar-refractivity contribution in [2.24, 2.45) is 0 Å². The Morgan fingerprint density at radius 1 is 0.320 bits per heavy atom. The van der Waals surface area contributed by atoms with E-state index in [1.807, 2.05) is 0 Å². The molecule has 1 nitrogen and oxygen atoms in total. The summed E-state index contributed by atoms with van der Waals surface area (Å²) in [5.74, 6) is 0. The first-order valence-corrected chi connectivity index (χ1v) is 12.0. The zero-order chi connectivity index (χ0) is 18.3. The van der Waals surface area contributed by atoms with Crippen molar-refractivity contribution >= 4 is 0 Å². The van der Waals surface area contributed by atoms with E-state index in [2.05, 4.69) is 13.8 Å². The number of unbranched alkanes of at least 4 members (excludes halogenated alkanes) is 18. The predicted molar refractivity (Wildman–Crippen MR) is 115 cm³/mol. The fraction of sp³-hybridized carbons (Fsp3) is 1.00. The molecule has 1 heteroatoms. The highest BCUT2D eigenvalue weighted by molar-refractivity contribution is 4.49. The summed E-state index contributed by atoms with van der Waals surface area (Å²) >= 11 is 0. The van der Waals surface area contributed by atoms with Gasteiger partial charge in [0.25, 0.3) is 0 Å². The molecular weight excluding hydrogens is 304 g/mol. The van der Waals surface area contributed by atoms with Crippen LogP contribution in [-0.4, -0.2) is 13.2 Å². The molecule has 0 aromatic carbocycles. The van der Waals surface area contributed by atoms with Crippen LogP contribution >= 0.6 is 0 Å². The highest BCUT2D eigenvalue weighted by atomic mass is 16.5. The van der Waals surface area contributed by atoms with Crippen molar-refractivity contribution < 1.29 is 4.74 Å². The SMILES string of the molecule is CCCCCCCCCCCCCCCOCCCCCCCCC. The summed E-state index contributed by atoms with van der Waals surface area (Å²) in [7, 11) is 0. The Kier molecular flexibility index (Phi) is 23.9. The van der Waals surface area contributed by atoms with Gasteiger partial charge in [-0.25, -0.2) is 0 Å². The molecule has 0 aromatic rings. The van der Waals surface area contributed by atoms with E-state index in [0.29, 0.717) is 0 Å². The van der Waals surface area contributed by atoms with Crippen molar-refractivity contribution in [2.75, 3.05) is 13.2 Å². The van der Waals surface area contributed by atoms with Crippen LogP contribution in [0, 0.1) is 0 Å². The van der Waals surface area contributed by atoms with Gasteiger partial charge in [-0.1, -0.05) is 129 Å². The largest absolute Gasteiger partial charge is 0.381 e. The molecule has 25 heavy (non-hydrogen) atoms. The van der Waals surface area contributed by atoms with Crippen LogP contribution in [-0.2, 0) is 4.74 Å². The Hall–Kier alpha value is -0.0400.